The van der Waals surface area contributed by atoms with Gasteiger partial charge in [0, 0.05) is 30.8 Å². The third-order valence-electron chi connectivity index (χ3n) is 4.39. The Morgan fingerprint density at radius 2 is 1.19 bits per heavy atom. The molecule has 0 aromatic heterocycles. The highest BCUT2D eigenvalue weighted by Gasteiger charge is 2.05. The van der Waals surface area contributed by atoms with Crippen molar-refractivity contribution in [2.45, 2.75) is 6.42 Å². The molecule has 6 N–H and O–H groups in total. The molecule has 0 unspecified atom stereocenters. The Labute approximate surface area is 221 Å². The highest BCUT2D eigenvalue weighted by molar-refractivity contribution is 7.80. The lowest BCUT2D eigenvalue weighted by atomic mass is 10.2. The average molecular weight is 544 g/mol. The highest BCUT2D eigenvalue weighted by atomic mass is 32.1. The Hall–Kier alpha value is -2.91. The molecule has 0 aliphatic rings. The summed E-state index contributed by atoms with van der Waals surface area (Å²) in [6, 6.07) is 6.61. The second-order valence-corrected chi connectivity index (χ2v) is 7.86. The van der Waals surface area contributed by atoms with Crippen LogP contribution in [0.25, 0.3) is 0 Å². The zero-order valence-corrected chi connectivity index (χ0v) is 21.7. The van der Waals surface area contributed by atoms with Gasteiger partial charge in [0.2, 0.25) is 17.7 Å². The third kappa shape index (κ3) is 18.1. The molecule has 4 amide bonds. The van der Waals surface area contributed by atoms with Gasteiger partial charge in [0.05, 0.1) is 46.3 Å². The average Bonchev–Trinajstić information content (AvgIpc) is 2.87. The zero-order chi connectivity index (χ0) is 27.1. The second kappa shape index (κ2) is 21.2. The van der Waals surface area contributed by atoms with Crippen molar-refractivity contribution in [3.05, 3.63) is 29.8 Å². The molecular formula is C23H37N5O8S. The van der Waals surface area contributed by atoms with Crippen LogP contribution in [0.4, 0.5) is 5.69 Å². The number of hydrogen-bond acceptors (Lipinski definition) is 10. The van der Waals surface area contributed by atoms with E-state index in [0.717, 1.165) is 0 Å². The molecule has 0 fully saturated rings. The lowest BCUT2D eigenvalue weighted by molar-refractivity contribution is -0.128. The third-order valence-corrected chi connectivity index (χ3v) is 4.62. The summed E-state index contributed by atoms with van der Waals surface area (Å²) in [5, 5.41) is 10.4. The van der Waals surface area contributed by atoms with Gasteiger partial charge in [-0.15, -0.1) is 0 Å². The highest BCUT2D eigenvalue weighted by Crippen LogP contribution is 2.04. The van der Waals surface area contributed by atoms with Crippen molar-refractivity contribution in [3.8, 4) is 0 Å². The summed E-state index contributed by atoms with van der Waals surface area (Å²) in [6.07, 6.45) is 0.284. The number of anilines is 1. The van der Waals surface area contributed by atoms with Gasteiger partial charge >= 0.3 is 0 Å². The number of ether oxygens (including phenoxy) is 4. The van der Waals surface area contributed by atoms with Crippen molar-refractivity contribution in [2.24, 2.45) is 0 Å². The molecule has 37 heavy (non-hydrogen) atoms. The van der Waals surface area contributed by atoms with Gasteiger partial charge in [-0.2, -0.15) is 12.6 Å². The molecule has 208 valence electrons. The number of carbonyl (C=O) groups excluding carboxylic acids is 4. The summed E-state index contributed by atoms with van der Waals surface area (Å²) in [7, 11) is 0. The molecule has 0 saturated carbocycles. The molecule has 0 bridgehead atoms. The second-order valence-electron chi connectivity index (χ2n) is 7.41. The number of thiol groups is 1. The van der Waals surface area contributed by atoms with Crippen molar-refractivity contribution in [1.82, 2.24) is 21.3 Å². The van der Waals surface area contributed by atoms with Gasteiger partial charge in [-0.3, -0.25) is 19.2 Å². The van der Waals surface area contributed by atoms with E-state index < -0.39 is 0 Å². The van der Waals surface area contributed by atoms with E-state index in [1.165, 1.54) is 0 Å². The molecular weight excluding hydrogens is 506 g/mol. The topological polar surface area (TPSA) is 179 Å². The number of nitrogens with two attached hydrogens (primary N) is 1. The Kier molecular flexibility index (Phi) is 18.4. The number of carbonyl (C=O) groups is 4. The molecule has 0 saturated heterocycles. The van der Waals surface area contributed by atoms with E-state index in [2.05, 4.69) is 33.9 Å². The number of nitrogens with one attached hydrogen (secondary N) is 4. The van der Waals surface area contributed by atoms with Crippen LogP contribution in [-0.2, 0) is 33.3 Å². The molecule has 0 aliphatic carbocycles. The van der Waals surface area contributed by atoms with Crippen LogP contribution >= 0.6 is 12.6 Å². The first-order valence-electron chi connectivity index (χ1n) is 11.8. The van der Waals surface area contributed by atoms with Crippen LogP contribution in [0, 0.1) is 0 Å². The first-order chi connectivity index (χ1) is 17.9. The normalized spacial score (nSPS) is 10.5. The lowest BCUT2D eigenvalue weighted by Gasteiger charge is -2.09. The van der Waals surface area contributed by atoms with E-state index in [4.69, 9.17) is 24.7 Å². The molecule has 0 aliphatic heterocycles. The molecule has 0 spiro atoms. The maximum absolute atomic E-state index is 11.9. The van der Waals surface area contributed by atoms with Gasteiger partial charge in [0.25, 0.3) is 5.91 Å². The van der Waals surface area contributed by atoms with Crippen molar-refractivity contribution in [2.75, 3.05) is 84.1 Å². The van der Waals surface area contributed by atoms with Crippen molar-refractivity contribution >= 4 is 41.9 Å². The van der Waals surface area contributed by atoms with Gasteiger partial charge in [0.1, 0.15) is 13.2 Å². The fourth-order valence-corrected chi connectivity index (χ4v) is 2.74. The minimum Gasteiger partial charge on any atom is -0.399 e. The van der Waals surface area contributed by atoms with Gasteiger partial charge in [0.15, 0.2) is 0 Å². The number of rotatable bonds is 21. The van der Waals surface area contributed by atoms with E-state index in [1.54, 1.807) is 24.3 Å². The van der Waals surface area contributed by atoms with Crippen LogP contribution < -0.4 is 27.0 Å². The van der Waals surface area contributed by atoms with E-state index in [0.29, 0.717) is 36.7 Å². The number of benzene rings is 1. The smallest absolute Gasteiger partial charge is 0.251 e. The lowest BCUT2D eigenvalue weighted by Crippen LogP contribution is -2.39. The number of hydrogen-bond donors (Lipinski definition) is 6. The number of amides is 4. The summed E-state index contributed by atoms with van der Waals surface area (Å²) >= 11 is 3.94. The van der Waals surface area contributed by atoms with Crippen LogP contribution in [0.15, 0.2) is 24.3 Å². The van der Waals surface area contributed by atoms with Crippen LogP contribution in [0.3, 0.4) is 0 Å². The molecule has 1 aromatic rings. The predicted molar refractivity (Wildman–Crippen MR) is 139 cm³/mol. The Morgan fingerprint density at radius 1 is 0.676 bits per heavy atom. The van der Waals surface area contributed by atoms with Crippen molar-refractivity contribution < 1.29 is 38.1 Å². The fraction of sp³-hybridized carbons (Fsp3) is 0.565. The number of nitrogen functional groups attached to an aromatic ring is 1. The Balaban J connectivity index is 1.85. The molecule has 0 radical (unpaired) electrons. The monoisotopic (exact) mass is 543 g/mol. The predicted octanol–water partition coefficient (Wildman–Crippen LogP) is -1.31. The standard InChI is InChI=1S/C23H37N5O8S/c24-19-3-1-18(2-4-19)23(32)26-7-9-34-11-12-35-15-21(30)25-6-8-33-10-13-36-16-22(31)28-17-27-20(29)5-14-37/h1-4,37H,5-17,24H2,(H,25,30)(H,26,32)(H,27,29)(H,28,31). The molecule has 1 aromatic carbocycles. The first kappa shape index (κ1) is 32.1. The Bertz CT molecular complexity index is 813. The summed E-state index contributed by atoms with van der Waals surface area (Å²) in [5.74, 6) is -0.603. The van der Waals surface area contributed by atoms with Gasteiger partial charge in [-0.1, -0.05) is 0 Å². The van der Waals surface area contributed by atoms with E-state index in [9.17, 15) is 19.2 Å². The van der Waals surface area contributed by atoms with E-state index in [1.807, 2.05) is 0 Å². The maximum Gasteiger partial charge on any atom is 0.251 e. The quantitative estimate of drug-likeness (QED) is 0.0475. The van der Waals surface area contributed by atoms with Gasteiger partial charge in [-0.25, -0.2) is 0 Å². The Morgan fingerprint density at radius 3 is 1.78 bits per heavy atom. The van der Waals surface area contributed by atoms with E-state index >= 15 is 0 Å². The minimum atomic E-state index is -0.357. The first-order valence-corrected chi connectivity index (χ1v) is 12.4. The summed E-state index contributed by atoms with van der Waals surface area (Å²) in [6.45, 7) is 2.02. The van der Waals surface area contributed by atoms with Crippen LogP contribution in [0.5, 0.6) is 0 Å². The van der Waals surface area contributed by atoms with E-state index in [-0.39, 0.29) is 83.0 Å². The van der Waals surface area contributed by atoms with Crippen LogP contribution in [-0.4, -0.2) is 102 Å². The SMILES string of the molecule is Nc1ccc(C(=O)NCCOCCOCC(=O)NCCOCCOCC(=O)NCNC(=O)CCS)cc1. The molecule has 0 atom stereocenters. The van der Waals surface area contributed by atoms with Crippen LogP contribution in [0.2, 0.25) is 0 Å². The largest absolute Gasteiger partial charge is 0.399 e. The summed E-state index contributed by atoms with van der Waals surface area (Å²) in [4.78, 5) is 46.3. The fourth-order valence-electron chi connectivity index (χ4n) is 2.54. The van der Waals surface area contributed by atoms with Crippen molar-refractivity contribution in [3.63, 3.8) is 0 Å². The zero-order valence-electron chi connectivity index (χ0n) is 20.8. The molecule has 13 nitrogen and oxygen atoms in total. The molecule has 0 heterocycles. The summed E-state index contributed by atoms with van der Waals surface area (Å²) in [5.41, 5.74) is 6.70. The van der Waals surface area contributed by atoms with Gasteiger partial charge < -0.3 is 45.9 Å². The van der Waals surface area contributed by atoms with Crippen LogP contribution in [0.1, 0.15) is 16.8 Å². The van der Waals surface area contributed by atoms with Crippen molar-refractivity contribution in [1.29, 1.82) is 0 Å². The van der Waals surface area contributed by atoms with Gasteiger partial charge in [-0.05, 0) is 30.0 Å². The summed E-state index contributed by atoms with van der Waals surface area (Å²) < 4.78 is 21.0. The maximum atomic E-state index is 11.9. The minimum absolute atomic E-state index is 0.0351. The molecule has 14 heteroatoms. The molecule has 1 rings (SSSR count).